The quantitative estimate of drug-likeness (QED) is 0.588. The Hall–Kier alpha value is -3.00. The lowest BCUT2D eigenvalue weighted by molar-refractivity contribution is 0.101. The number of nitrogens with one attached hydrogen (secondary N) is 2. The van der Waals surface area contributed by atoms with E-state index in [0.29, 0.717) is 16.0 Å². The molecule has 0 aliphatic heterocycles. The maximum Gasteiger partial charge on any atom is 0.280 e. The van der Waals surface area contributed by atoms with Crippen LogP contribution in [0.1, 0.15) is 10.5 Å². The van der Waals surface area contributed by atoms with E-state index < -0.39 is 5.91 Å². The Balaban J connectivity index is 1.82. The van der Waals surface area contributed by atoms with Gasteiger partial charge >= 0.3 is 0 Å². The van der Waals surface area contributed by atoms with Gasteiger partial charge in [-0.3, -0.25) is 10.1 Å². The van der Waals surface area contributed by atoms with E-state index in [9.17, 15) is 4.79 Å². The van der Waals surface area contributed by atoms with E-state index in [1.54, 1.807) is 12.1 Å². The van der Waals surface area contributed by atoms with Crippen molar-refractivity contribution in [3.05, 3.63) is 41.0 Å². The Kier molecular flexibility index (Phi) is 2.76. The molecular formula is C13H7ClN6O2. The van der Waals surface area contributed by atoms with Crippen molar-refractivity contribution in [2.45, 2.75) is 0 Å². The summed E-state index contributed by atoms with van der Waals surface area (Å²) in [7, 11) is 0. The predicted octanol–water partition coefficient (Wildman–Crippen LogP) is 2.40. The molecule has 4 rings (SSSR count). The number of rotatable bonds is 2. The molecule has 0 atom stereocenters. The van der Waals surface area contributed by atoms with Crippen molar-refractivity contribution in [2.75, 3.05) is 5.32 Å². The van der Waals surface area contributed by atoms with Crippen molar-refractivity contribution < 1.29 is 9.32 Å². The molecule has 1 amide bonds. The van der Waals surface area contributed by atoms with E-state index >= 15 is 0 Å². The summed E-state index contributed by atoms with van der Waals surface area (Å²) >= 11 is 5.97. The summed E-state index contributed by atoms with van der Waals surface area (Å²) in [6.45, 7) is 0. The minimum atomic E-state index is -0.478. The normalized spacial score (nSPS) is 11.1. The van der Waals surface area contributed by atoms with Gasteiger partial charge in [0.2, 0.25) is 0 Å². The second kappa shape index (κ2) is 4.78. The molecule has 8 nitrogen and oxygen atoms in total. The zero-order valence-corrected chi connectivity index (χ0v) is 11.6. The van der Waals surface area contributed by atoms with Crippen LogP contribution in [0.25, 0.3) is 21.7 Å². The maximum atomic E-state index is 12.2. The van der Waals surface area contributed by atoms with Crippen molar-refractivity contribution in [1.82, 2.24) is 25.8 Å². The first-order valence-electron chi connectivity index (χ1n) is 6.25. The lowest BCUT2D eigenvalue weighted by Crippen LogP contribution is -2.13. The Morgan fingerprint density at radius 3 is 2.91 bits per heavy atom. The summed E-state index contributed by atoms with van der Waals surface area (Å²) in [5.41, 5.74) is 0.670. The number of fused-ring (bicyclic) bond motifs is 3. The molecule has 22 heavy (non-hydrogen) atoms. The first kappa shape index (κ1) is 12.7. The Morgan fingerprint density at radius 1 is 1.23 bits per heavy atom. The van der Waals surface area contributed by atoms with Crippen LogP contribution in [0, 0.1) is 0 Å². The van der Waals surface area contributed by atoms with Gasteiger partial charge in [0.1, 0.15) is 0 Å². The fourth-order valence-electron chi connectivity index (χ4n) is 2.24. The number of hydrogen-bond acceptors (Lipinski definition) is 6. The number of H-pyrrole nitrogens is 1. The minimum Gasteiger partial charge on any atom is -0.355 e. The fourth-order valence-corrected chi connectivity index (χ4v) is 2.42. The number of nitrogens with zero attached hydrogens (tertiary/aromatic N) is 4. The van der Waals surface area contributed by atoms with Gasteiger partial charge in [0.25, 0.3) is 11.9 Å². The Labute approximate surface area is 127 Å². The van der Waals surface area contributed by atoms with E-state index in [4.69, 9.17) is 16.1 Å². The lowest BCUT2D eigenvalue weighted by atomic mass is 10.1. The summed E-state index contributed by atoms with van der Waals surface area (Å²) in [6.07, 6.45) is 0. The van der Waals surface area contributed by atoms with Gasteiger partial charge in [-0.15, -0.1) is 5.10 Å². The number of hydrogen-bond donors (Lipinski definition) is 2. The fraction of sp³-hybridized carbons (Fsp3) is 0. The van der Waals surface area contributed by atoms with Crippen LogP contribution in [0.5, 0.6) is 0 Å². The first-order chi connectivity index (χ1) is 10.7. The molecule has 2 N–H and O–H groups in total. The molecular weight excluding hydrogens is 308 g/mol. The van der Waals surface area contributed by atoms with E-state index in [1.807, 2.05) is 18.2 Å². The van der Waals surface area contributed by atoms with E-state index in [1.165, 1.54) is 0 Å². The number of tetrazole rings is 1. The highest BCUT2D eigenvalue weighted by Crippen LogP contribution is 2.29. The standard InChI is InChI=1S/C13H7ClN6O2/c14-7-2-4-8-6(5-7)1-3-9-10(18-22-11(8)9)12(21)15-13-16-19-20-17-13/h1-5H,(H2,15,16,17,19,20,21). The summed E-state index contributed by atoms with van der Waals surface area (Å²) < 4.78 is 5.32. The summed E-state index contributed by atoms with van der Waals surface area (Å²) in [5.74, 6) is -0.415. The molecule has 2 aromatic heterocycles. The third-order valence-corrected chi connectivity index (χ3v) is 3.44. The van der Waals surface area contributed by atoms with Gasteiger partial charge in [0.15, 0.2) is 11.3 Å². The van der Waals surface area contributed by atoms with Crippen LogP contribution in [0.15, 0.2) is 34.9 Å². The van der Waals surface area contributed by atoms with Gasteiger partial charge in [-0.1, -0.05) is 27.9 Å². The van der Waals surface area contributed by atoms with Crippen molar-refractivity contribution in [3.63, 3.8) is 0 Å². The largest absolute Gasteiger partial charge is 0.355 e. The molecule has 0 aliphatic rings. The molecule has 2 heterocycles. The highest BCUT2D eigenvalue weighted by molar-refractivity contribution is 6.31. The van der Waals surface area contributed by atoms with Crippen LogP contribution in [-0.2, 0) is 0 Å². The number of carbonyl (C=O) groups is 1. The SMILES string of the molecule is O=C(Nc1nn[nH]n1)c1noc2c1ccc1cc(Cl)ccc12. The lowest BCUT2D eigenvalue weighted by Gasteiger charge is -1.99. The van der Waals surface area contributed by atoms with Gasteiger partial charge < -0.3 is 4.52 Å². The molecule has 0 spiro atoms. The van der Waals surface area contributed by atoms with Crippen LogP contribution in [0.2, 0.25) is 5.02 Å². The monoisotopic (exact) mass is 314 g/mol. The molecule has 0 saturated heterocycles. The van der Waals surface area contributed by atoms with Crippen molar-refractivity contribution in [3.8, 4) is 0 Å². The number of carbonyl (C=O) groups excluding carboxylic acids is 1. The summed E-state index contributed by atoms with van der Waals surface area (Å²) in [6, 6.07) is 9.01. The smallest absolute Gasteiger partial charge is 0.280 e. The van der Waals surface area contributed by atoms with Gasteiger partial charge in [-0.25, -0.2) is 0 Å². The van der Waals surface area contributed by atoms with Gasteiger partial charge in [-0.05, 0) is 34.9 Å². The molecule has 2 aromatic carbocycles. The van der Waals surface area contributed by atoms with E-state index in [0.717, 1.165) is 10.8 Å². The number of halogens is 1. The van der Waals surface area contributed by atoms with Crippen molar-refractivity contribution in [2.24, 2.45) is 0 Å². The number of aromatic amines is 1. The maximum absolute atomic E-state index is 12.2. The average Bonchev–Trinajstić information content (AvgIpc) is 3.15. The molecule has 0 unspecified atom stereocenters. The molecule has 9 heteroatoms. The van der Waals surface area contributed by atoms with Crippen molar-refractivity contribution >= 4 is 45.2 Å². The third kappa shape index (κ3) is 1.97. The topological polar surface area (TPSA) is 110 Å². The second-order valence-corrected chi connectivity index (χ2v) is 4.96. The molecule has 0 radical (unpaired) electrons. The van der Waals surface area contributed by atoms with Gasteiger partial charge in [0.05, 0.1) is 5.39 Å². The molecule has 0 aliphatic carbocycles. The molecule has 4 aromatic rings. The first-order valence-corrected chi connectivity index (χ1v) is 6.62. The van der Waals surface area contributed by atoms with Crippen LogP contribution < -0.4 is 5.32 Å². The number of amides is 1. The number of anilines is 1. The molecule has 0 fully saturated rings. The predicted molar refractivity (Wildman–Crippen MR) is 78.7 cm³/mol. The van der Waals surface area contributed by atoms with Crippen LogP contribution in [0.4, 0.5) is 5.95 Å². The third-order valence-electron chi connectivity index (χ3n) is 3.20. The average molecular weight is 315 g/mol. The summed E-state index contributed by atoms with van der Waals surface area (Å²) in [5, 5.41) is 22.2. The second-order valence-electron chi connectivity index (χ2n) is 4.53. The van der Waals surface area contributed by atoms with Crippen molar-refractivity contribution in [1.29, 1.82) is 0 Å². The Morgan fingerprint density at radius 2 is 2.09 bits per heavy atom. The number of aromatic nitrogens is 5. The Bertz CT molecular complexity index is 995. The van der Waals surface area contributed by atoms with E-state index in [2.05, 4.69) is 31.1 Å². The molecule has 0 bridgehead atoms. The molecule has 0 saturated carbocycles. The van der Waals surface area contributed by atoms with Gasteiger partial charge in [-0.2, -0.15) is 5.21 Å². The zero-order valence-electron chi connectivity index (χ0n) is 10.9. The summed E-state index contributed by atoms with van der Waals surface area (Å²) in [4.78, 5) is 12.2. The highest BCUT2D eigenvalue weighted by atomic mass is 35.5. The zero-order chi connectivity index (χ0) is 15.1. The molecule has 108 valence electrons. The minimum absolute atomic E-state index is 0.0636. The van der Waals surface area contributed by atoms with Crippen LogP contribution in [-0.4, -0.2) is 31.7 Å². The van der Waals surface area contributed by atoms with E-state index in [-0.39, 0.29) is 11.6 Å². The van der Waals surface area contributed by atoms with Crippen LogP contribution >= 0.6 is 11.6 Å². The van der Waals surface area contributed by atoms with Crippen LogP contribution in [0.3, 0.4) is 0 Å². The number of benzene rings is 2. The van der Waals surface area contributed by atoms with Gasteiger partial charge in [0, 0.05) is 10.4 Å². The highest BCUT2D eigenvalue weighted by Gasteiger charge is 2.19.